The molecule has 112 valence electrons. The average molecular weight is 386 g/mol. The van der Waals surface area contributed by atoms with Gasteiger partial charge in [0.05, 0.1) is 20.8 Å². The molecule has 4 nitrogen and oxygen atoms in total. The molecule has 0 unspecified atom stereocenters. The zero-order valence-corrected chi connectivity index (χ0v) is 14.0. The van der Waals surface area contributed by atoms with Gasteiger partial charge in [-0.3, -0.25) is 4.72 Å². The predicted molar refractivity (Wildman–Crippen MR) is 88.1 cm³/mol. The van der Waals surface area contributed by atoms with E-state index >= 15 is 0 Å². The number of nitrogen functional groups attached to an aromatic ring is 1. The molecule has 2 rings (SSSR count). The molecule has 2 aromatic carbocycles. The van der Waals surface area contributed by atoms with Crippen LogP contribution < -0.4 is 10.5 Å². The van der Waals surface area contributed by atoms with Crippen LogP contribution in [0, 0.1) is 0 Å². The third-order valence-corrected chi connectivity index (χ3v) is 5.13. The van der Waals surface area contributed by atoms with Gasteiger partial charge >= 0.3 is 0 Å². The van der Waals surface area contributed by atoms with Gasteiger partial charge in [-0.05, 0) is 30.3 Å². The van der Waals surface area contributed by atoms with E-state index in [1.165, 1.54) is 30.3 Å². The molecule has 0 aliphatic heterocycles. The van der Waals surface area contributed by atoms with Gasteiger partial charge in [0.15, 0.2) is 0 Å². The van der Waals surface area contributed by atoms with Gasteiger partial charge in [-0.25, -0.2) is 8.42 Å². The Morgan fingerprint density at radius 3 is 2.05 bits per heavy atom. The Morgan fingerprint density at radius 1 is 0.905 bits per heavy atom. The molecule has 9 heteroatoms. The molecule has 0 saturated carbocycles. The quantitative estimate of drug-likeness (QED) is 0.753. The third-order valence-electron chi connectivity index (χ3n) is 2.49. The first-order chi connectivity index (χ1) is 9.70. The maximum Gasteiger partial charge on any atom is 0.263 e. The number of anilines is 2. The van der Waals surface area contributed by atoms with Crippen LogP contribution in [-0.2, 0) is 10.0 Å². The Bertz CT molecular complexity index is 786. The van der Waals surface area contributed by atoms with Crippen LogP contribution in [0.25, 0.3) is 0 Å². The summed E-state index contributed by atoms with van der Waals surface area (Å²) in [7, 11) is -4.00. The van der Waals surface area contributed by atoms with Crippen LogP contribution in [0.4, 0.5) is 11.4 Å². The SMILES string of the molecule is Nc1ccc(Cl)c(S(=O)(=O)Nc2c(Cl)cc(Cl)cc2Cl)c1. The fraction of sp³-hybridized carbons (Fsp3) is 0. The zero-order chi connectivity index (χ0) is 15.8. The molecule has 0 spiro atoms. The molecule has 0 aromatic heterocycles. The van der Waals surface area contributed by atoms with Crippen LogP contribution in [0.15, 0.2) is 35.2 Å². The third kappa shape index (κ3) is 3.67. The normalized spacial score (nSPS) is 11.4. The molecule has 0 aliphatic rings. The number of sulfonamides is 1. The molecule has 0 aliphatic carbocycles. The van der Waals surface area contributed by atoms with E-state index in [0.29, 0.717) is 0 Å². The van der Waals surface area contributed by atoms with E-state index in [1.807, 2.05) is 0 Å². The second-order valence-electron chi connectivity index (χ2n) is 4.04. The van der Waals surface area contributed by atoms with E-state index in [0.717, 1.165) is 0 Å². The van der Waals surface area contributed by atoms with Crippen molar-refractivity contribution in [1.82, 2.24) is 0 Å². The van der Waals surface area contributed by atoms with Crippen LogP contribution in [0.2, 0.25) is 20.1 Å². The Kier molecular flexibility index (Phi) is 4.80. The fourth-order valence-corrected chi connectivity index (χ4v) is 4.22. The highest BCUT2D eigenvalue weighted by molar-refractivity contribution is 7.92. The van der Waals surface area contributed by atoms with Crippen molar-refractivity contribution in [2.75, 3.05) is 10.5 Å². The van der Waals surface area contributed by atoms with Crippen molar-refractivity contribution in [3.63, 3.8) is 0 Å². The smallest absolute Gasteiger partial charge is 0.263 e. The lowest BCUT2D eigenvalue weighted by Crippen LogP contribution is -2.14. The van der Waals surface area contributed by atoms with Gasteiger partial charge in [0.1, 0.15) is 4.90 Å². The molecule has 21 heavy (non-hydrogen) atoms. The first kappa shape index (κ1) is 16.5. The molecule has 0 saturated heterocycles. The van der Waals surface area contributed by atoms with Crippen molar-refractivity contribution in [3.8, 4) is 0 Å². The molecule has 2 aromatic rings. The Labute approximate surface area is 141 Å². The number of halogens is 4. The molecule has 0 atom stereocenters. The van der Waals surface area contributed by atoms with Gasteiger partial charge in [0.25, 0.3) is 10.0 Å². The first-order valence-electron chi connectivity index (χ1n) is 5.43. The molecule has 0 bridgehead atoms. The highest BCUT2D eigenvalue weighted by Gasteiger charge is 2.21. The van der Waals surface area contributed by atoms with Crippen LogP contribution in [0.1, 0.15) is 0 Å². The summed E-state index contributed by atoms with van der Waals surface area (Å²) in [5, 5.41) is 0.444. The molecule has 0 radical (unpaired) electrons. The van der Waals surface area contributed by atoms with E-state index in [9.17, 15) is 8.42 Å². The van der Waals surface area contributed by atoms with Crippen LogP contribution in [-0.4, -0.2) is 8.42 Å². The van der Waals surface area contributed by atoms with E-state index in [2.05, 4.69) is 4.72 Å². The Balaban J connectivity index is 2.50. The Hall–Kier alpha value is -0.850. The van der Waals surface area contributed by atoms with Crippen molar-refractivity contribution in [2.24, 2.45) is 0 Å². The number of hydrogen-bond donors (Lipinski definition) is 2. The van der Waals surface area contributed by atoms with Crippen molar-refractivity contribution >= 4 is 67.8 Å². The van der Waals surface area contributed by atoms with E-state index in [1.54, 1.807) is 0 Å². The summed E-state index contributed by atoms with van der Waals surface area (Å²) in [4.78, 5) is -0.175. The summed E-state index contributed by atoms with van der Waals surface area (Å²) < 4.78 is 27.0. The van der Waals surface area contributed by atoms with E-state index in [-0.39, 0.29) is 36.4 Å². The van der Waals surface area contributed by atoms with Gasteiger partial charge in [-0.2, -0.15) is 0 Å². The summed E-state index contributed by atoms with van der Waals surface area (Å²) in [6.07, 6.45) is 0. The van der Waals surface area contributed by atoms with Crippen molar-refractivity contribution < 1.29 is 8.42 Å². The number of nitrogens with one attached hydrogen (secondary N) is 1. The maximum atomic E-state index is 12.4. The maximum absolute atomic E-state index is 12.4. The summed E-state index contributed by atoms with van der Waals surface area (Å²) in [5.41, 5.74) is 5.85. The van der Waals surface area contributed by atoms with Crippen molar-refractivity contribution in [1.29, 1.82) is 0 Å². The summed E-state index contributed by atoms with van der Waals surface area (Å²) in [6.45, 7) is 0. The molecule has 0 fully saturated rings. The summed E-state index contributed by atoms with van der Waals surface area (Å²) >= 11 is 23.6. The van der Waals surface area contributed by atoms with Crippen LogP contribution in [0.3, 0.4) is 0 Å². The summed E-state index contributed by atoms with van der Waals surface area (Å²) in [5.74, 6) is 0. The number of hydrogen-bond acceptors (Lipinski definition) is 3. The standard InChI is InChI=1S/C12H8Cl4N2O2S/c13-6-3-9(15)12(10(16)4-6)18-21(19,20)11-5-7(17)1-2-8(11)14/h1-5,18H,17H2. The second kappa shape index (κ2) is 6.10. The molecule has 0 amide bonds. The van der Waals surface area contributed by atoms with E-state index < -0.39 is 10.0 Å². The van der Waals surface area contributed by atoms with Gasteiger partial charge in [-0.1, -0.05) is 46.4 Å². The van der Waals surface area contributed by atoms with Crippen molar-refractivity contribution in [3.05, 3.63) is 50.4 Å². The minimum absolute atomic E-state index is 0.0150. The van der Waals surface area contributed by atoms with E-state index in [4.69, 9.17) is 52.1 Å². The molecule has 0 heterocycles. The monoisotopic (exact) mass is 384 g/mol. The van der Waals surface area contributed by atoms with Crippen molar-refractivity contribution in [2.45, 2.75) is 4.90 Å². The lowest BCUT2D eigenvalue weighted by molar-refractivity contribution is 0.601. The lowest BCUT2D eigenvalue weighted by Gasteiger charge is -2.13. The minimum Gasteiger partial charge on any atom is -0.399 e. The largest absolute Gasteiger partial charge is 0.399 e. The average Bonchev–Trinajstić information content (AvgIpc) is 2.36. The van der Waals surface area contributed by atoms with Gasteiger partial charge in [-0.15, -0.1) is 0 Å². The number of rotatable bonds is 3. The molecular formula is C12H8Cl4N2O2S. The highest BCUT2D eigenvalue weighted by Crippen LogP contribution is 2.36. The lowest BCUT2D eigenvalue weighted by atomic mass is 10.3. The number of nitrogens with two attached hydrogens (primary N) is 1. The predicted octanol–water partition coefficient (Wildman–Crippen LogP) is 4.68. The topological polar surface area (TPSA) is 72.2 Å². The zero-order valence-electron chi connectivity index (χ0n) is 10.2. The molecule has 3 N–H and O–H groups in total. The Morgan fingerprint density at radius 2 is 1.48 bits per heavy atom. The first-order valence-corrected chi connectivity index (χ1v) is 8.42. The minimum atomic E-state index is -4.00. The fourth-order valence-electron chi connectivity index (χ4n) is 1.55. The van der Waals surface area contributed by atoms with Gasteiger partial charge in [0.2, 0.25) is 0 Å². The van der Waals surface area contributed by atoms with Gasteiger partial charge < -0.3 is 5.73 Å². The van der Waals surface area contributed by atoms with Gasteiger partial charge in [0, 0.05) is 10.7 Å². The van der Waals surface area contributed by atoms with Crippen LogP contribution in [0.5, 0.6) is 0 Å². The highest BCUT2D eigenvalue weighted by atomic mass is 35.5. The van der Waals surface area contributed by atoms with Crippen LogP contribution >= 0.6 is 46.4 Å². The molecular weight excluding hydrogens is 378 g/mol. The summed E-state index contributed by atoms with van der Waals surface area (Å²) in [6, 6.07) is 6.85. The second-order valence-corrected chi connectivity index (χ2v) is 7.35. The number of benzene rings is 2.